The van der Waals surface area contributed by atoms with E-state index in [1.165, 1.54) is 25.1 Å². The fourth-order valence-electron chi connectivity index (χ4n) is 2.55. The molecule has 0 radical (unpaired) electrons. The zero-order valence-electron chi connectivity index (χ0n) is 15.0. The van der Waals surface area contributed by atoms with E-state index in [0.29, 0.717) is 11.4 Å². The maximum Gasteiger partial charge on any atom is 0.267 e. The van der Waals surface area contributed by atoms with Crippen molar-refractivity contribution >= 4 is 23.2 Å². The molecule has 2 aromatic carbocycles. The molecule has 2 amide bonds. The van der Waals surface area contributed by atoms with Gasteiger partial charge >= 0.3 is 0 Å². The van der Waals surface area contributed by atoms with E-state index in [0.717, 1.165) is 16.3 Å². The van der Waals surface area contributed by atoms with Gasteiger partial charge in [0.2, 0.25) is 11.8 Å². The Balaban J connectivity index is 1.78. The van der Waals surface area contributed by atoms with Gasteiger partial charge < -0.3 is 10.6 Å². The monoisotopic (exact) mass is 380 g/mol. The van der Waals surface area contributed by atoms with Gasteiger partial charge in [0.05, 0.1) is 11.4 Å². The fourth-order valence-corrected chi connectivity index (χ4v) is 2.55. The smallest absolute Gasteiger partial charge is 0.267 e. The van der Waals surface area contributed by atoms with Crippen LogP contribution in [-0.2, 0) is 16.1 Å². The van der Waals surface area contributed by atoms with Crippen LogP contribution < -0.4 is 16.2 Å². The van der Waals surface area contributed by atoms with Crippen molar-refractivity contribution in [3.05, 3.63) is 76.8 Å². The van der Waals surface area contributed by atoms with Crippen molar-refractivity contribution in [3.63, 3.8) is 0 Å². The second kappa shape index (κ2) is 8.26. The van der Waals surface area contributed by atoms with Crippen molar-refractivity contribution in [1.82, 2.24) is 9.78 Å². The van der Waals surface area contributed by atoms with Crippen LogP contribution in [0.3, 0.4) is 0 Å². The van der Waals surface area contributed by atoms with Crippen LogP contribution in [-0.4, -0.2) is 21.6 Å². The highest BCUT2D eigenvalue weighted by molar-refractivity contribution is 5.93. The number of amides is 2. The first-order chi connectivity index (χ1) is 13.4. The van der Waals surface area contributed by atoms with Crippen molar-refractivity contribution in [2.75, 3.05) is 10.6 Å². The molecule has 7 nitrogen and oxygen atoms in total. The Kier molecular flexibility index (Phi) is 5.59. The predicted molar refractivity (Wildman–Crippen MR) is 103 cm³/mol. The summed E-state index contributed by atoms with van der Waals surface area (Å²) >= 11 is 0. The Morgan fingerprint density at radius 1 is 1.04 bits per heavy atom. The minimum Gasteiger partial charge on any atom is -0.326 e. The molecule has 142 valence electrons. The molecule has 0 unspecified atom stereocenters. The van der Waals surface area contributed by atoms with Gasteiger partial charge in [-0.05, 0) is 24.3 Å². The van der Waals surface area contributed by atoms with E-state index in [2.05, 4.69) is 15.7 Å². The van der Waals surface area contributed by atoms with Gasteiger partial charge in [-0.25, -0.2) is 9.07 Å². The van der Waals surface area contributed by atoms with Crippen molar-refractivity contribution in [1.29, 1.82) is 0 Å². The first-order valence-corrected chi connectivity index (χ1v) is 8.43. The topological polar surface area (TPSA) is 93.1 Å². The van der Waals surface area contributed by atoms with Gasteiger partial charge in [0.25, 0.3) is 5.56 Å². The van der Waals surface area contributed by atoms with Crippen LogP contribution in [0.15, 0.2) is 65.5 Å². The number of hydrogen-bond acceptors (Lipinski definition) is 4. The number of hydrogen-bond donors (Lipinski definition) is 2. The summed E-state index contributed by atoms with van der Waals surface area (Å²) < 4.78 is 15.0. The first kappa shape index (κ1) is 19.0. The van der Waals surface area contributed by atoms with Crippen LogP contribution in [0.25, 0.3) is 11.3 Å². The predicted octanol–water partition coefficient (Wildman–Crippen LogP) is 2.65. The summed E-state index contributed by atoms with van der Waals surface area (Å²) in [5, 5.41) is 9.10. The SMILES string of the molecule is CC(=O)Nc1ccc(F)c(NC(=O)Cn2nc(-c3ccccc3)ccc2=O)c1. The molecule has 8 heteroatoms. The Morgan fingerprint density at radius 3 is 2.50 bits per heavy atom. The van der Waals surface area contributed by atoms with E-state index in [-0.39, 0.29) is 18.1 Å². The molecule has 28 heavy (non-hydrogen) atoms. The quantitative estimate of drug-likeness (QED) is 0.712. The van der Waals surface area contributed by atoms with Crippen molar-refractivity contribution in [2.24, 2.45) is 0 Å². The third-order valence-electron chi connectivity index (χ3n) is 3.79. The summed E-state index contributed by atoms with van der Waals surface area (Å²) in [6.45, 7) is 0.933. The number of benzene rings is 2. The van der Waals surface area contributed by atoms with Crippen LogP contribution in [0.2, 0.25) is 0 Å². The Labute approximate surface area is 159 Å². The van der Waals surface area contributed by atoms with Crippen LogP contribution in [0.4, 0.5) is 15.8 Å². The van der Waals surface area contributed by atoms with E-state index in [1.54, 1.807) is 6.07 Å². The lowest BCUT2D eigenvalue weighted by Crippen LogP contribution is -2.29. The minimum atomic E-state index is -0.666. The molecule has 0 fully saturated rings. The third-order valence-corrected chi connectivity index (χ3v) is 3.79. The largest absolute Gasteiger partial charge is 0.326 e. The first-order valence-electron chi connectivity index (χ1n) is 8.43. The molecular weight excluding hydrogens is 363 g/mol. The van der Waals surface area contributed by atoms with Gasteiger partial charge in [-0.1, -0.05) is 30.3 Å². The highest BCUT2D eigenvalue weighted by Gasteiger charge is 2.11. The lowest BCUT2D eigenvalue weighted by Gasteiger charge is -2.10. The van der Waals surface area contributed by atoms with Crippen LogP contribution in [0.5, 0.6) is 0 Å². The molecular formula is C20H17FN4O3. The molecule has 0 aliphatic heterocycles. The molecule has 1 heterocycles. The Morgan fingerprint density at radius 2 is 1.79 bits per heavy atom. The summed E-state index contributed by atoms with van der Waals surface area (Å²) in [6, 6.07) is 15.9. The lowest BCUT2D eigenvalue weighted by atomic mass is 10.1. The molecule has 2 N–H and O–H groups in total. The number of halogens is 1. The molecule has 0 aliphatic carbocycles. The summed E-state index contributed by atoms with van der Waals surface area (Å²) in [7, 11) is 0. The Hall–Kier alpha value is -3.81. The normalized spacial score (nSPS) is 10.4. The molecule has 1 aromatic heterocycles. The zero-order chi connectivity index (χ0) is 20.1. The van der Waals surface area contributed by atoms with Gasteiger partial charge in [0, 0.05) is 24.2 Å². The maximum absolute atomic E-state index is 14.0. The average molecular weight is 380 g/mol. The average Bonchev–Trinajstić information content (AvgIpc) is 2.66. The molecule has 3 rings (SSSR count). The summed E-state index contributed by atoms with van der Waals surface area (Å²) in [4.78, 5) is 35.5. The van der Waals surface area contributed by atoms with Gasteiger partial charge in [-0.3, -0.25) is 14.4 Å². The summed E-state index contributed by atoms with van der Waals surface area (Å²) in [6.07, 6.45) is 0. The fraction of sp³-hybridized carbons (Fsp3) is 0.100. The van der Waals surface area contributed by atoms with Gasteiger partial charge in [0.15, 0.2) is 0 Å². The Bertz CT molecular complexity index is 1080. The van der Waals surface area contributed by atoms with Crippen molar-refractivity contribution < 1.29 is 14.0 Å². The zero-order valence-corrected chi connectivity index (χ0v) is 15.0. The number of rotatable bonds is 5. The second-order valence-corrected chi connectivity index (χ2v) is 6.00. The number of anilines is 2. The second-order valence-electron chi connectivity index (χ2n) is 6.00. The maximum atomic E-state index is 14.0. The highest BCUT2D eigenvalue weighted by Crippen LogP contribution is 2.20. The number of carbonyl (C=O) groups is 2. The molecule has 0 aliphatic rings. The van der Waals surface area contributed by atoms with Crippen molar-refractivity contribution in [3.8, 4) is 11.3 Å². The van der Waals surface area contributed by atoms with Gasteiger partial charge in [-0.2, -0.15) is 5.10 Å². The number of nitrogens with zero attached hydrogens (tertiary/aromatic N) is 2. The number of nitrogens with one attached hydrogen (secondary N) is 2. The molecule has 3 aromatic rings. The molecule has 0 bridgehead atoms. The summed E-state index contributed by atoms with van der Waals surface area (Å²) in [5.41, 5.74) is 1.11. The third kappa shape index (κ3) is 4.67. The number of carbonyl (C=O) groups excluding carboxylic acids is 2. The summed E-state index contributed by atoms with van der Waals surface area (Å²) in [5.74, 6) is -1.61. The van der Waals surface area contributed by atoms with Gasteiger partial charge in [0.1, 0.15) is 12.4 Å². The van der Waals surface area contributed by atoms with E-state index in [9.17, 15) is 18.8 Å². The minimum absolute atomic E-state index is 0.108. The van der Waals surface area contributed by atoms with E-state index in [1.807, 2.05) is 30.3 Å². The number of aromatic nitrogens is 2. The molecule has 0 saturated carbocycles. The standard InChI is InChI=1S/C20H17FN4O3/c1-13(26)22-15-7-8-16(21)18(11-15)23-19(27)12-25-20(28)10-9-17(24-25)14-5-3-2-4-6-14/h2-11H,12H2,1H3,(H,22,26)(H,23,27). The molecule has 0 saturated heterocycles. The van der Waals surface area contributed by atoms with Gasteiger partial charge in [-0.15, -0.1) is 0 Å². The highest BCUT2D eigenvalue weighted by atomic mass is 19.1. The lowest BCUT2D eigenvalue weighted by molar-refractivity contribution is -0.117. The molecule has 0 spiro atoms. The van der Waals surface area contributed by atoms with Crippen LogP contribution >= 0.6 is 0 Å². The van der Waals surface area contributed by atoms with E-state index in [4.69, 9.17) is 0 Å². The van der Waals surface area contributed by atoms with E-state index < -0.39 is 17.3 Å². The van der Waals surface area contributed by atoms with Crippen molar-refractivity contribution in [2.45, 2.75) is 13.5 Å². The van der Waals surface area contributed by atoms with Crippen LogP contribution in [0.1, 0.15) is 6.92 Å². The van der Waals surface area contributed by atoms with E-state index >= 15 is 0 Å². The molecule has 0 atom stereocenters. The van der Waals surface area contributed by atoms with Crippen LogP contribution in [0, 0.1) is 5.82 Å².